The Kier molecular flexibility index (Phi) is 4.80. The summed E-state index contributed by atoms with van der Waals surface area (Å²) in [7, 11) is 0. The highest BCUT2D eigenvalue weighted by Crippen LogP contribution is 2.37. The van der Waals surface area contributed by atoms with Crippen LogP contribution in [0.15, 0.2) is 4.42 Å². The van der Waals surface area contributed by atoms with Crippen LogP contribution in [0.1, 0.15) is 66.8 Å². The summed E-state index contributed by atoms with van der Waals surface area (Å²) in [5.74, 6) is 1.38. The Bertz CT molecular complexity index is 703. The highest BCUT2D eigenvalue weighted by Gasteiger charge is 2.19. The van der Waals surface area contributed by atoms with Gasteiger partial charge in [0.25, 0.3) is 0 Å². The molecule has 1 N–H and O–H groups in total. The maximum Gasteiger partial charge on any atom is 0.225 e. The molecule has 0 aliphatic heterocycles. The van der Waals surface area contributed by atoms with Gasteiger partial charge in [-0.15, -0.1) is 21.5 Å². The van der Waals surface area contributed by atoms with E-state index in [0.717, 1.165) is 17.8 Å². The molecule has 0 atom stereocenters. The van der Waals surface area contributed by atoms with Gasteiger partial charge in [-0.2, -0.15) is 0 Å². The van der Waals surface area contributed by atoms with Crippen LogP contribution in [0.2, 0.25) is 0 Å². The number of thiophene rings is 1. The quantitative estimate of drug-likeness (QED) is 0.897. The molecule has 2 aromatic rings. The number of hydrogen-bond donors (Lipinski definition) is 1. The standard InChI is InChI=1S/C17H23N3O2S/c1-10(2)16-20-19-15(22-16)9-8-14(21)18-17-11(3)12-6-4-5-7-13(12)23-17/h10H,4-9H2,1-3H3,(H,18,21). The molecule has 0 fully saturated rings. The number of aromatic nitrogens is 2. The first-order chi connectivity index (χ1) is 11.0. The van der Waals surface area contributed by atoms with E-state index in [1.54, 1.807) is 11.3 Å². The van der Waals surface area contributed by atoms with E-state index in [2.05, 4.69) is 22.4 Å². The number of amides is 1. The Balaban J connectivity index is 1.58. The van der Waals surface area contributed by atoms with Crippen molar-refractivity contribution in [1.82, 2.24) is 10.2 Å². The van der Waals surface area contributed by atoms with E-state index in [4.69, 9.17) is 4.42 Å². The normalized spacial score (nSPS) is 14.1. The van der Waals surface area contributed by atoms with Crippen molar-refractivity contribution >= 4 is 22.2 Å². The molecule has 1 aliphatic rings. The maximum atomic E-state index is 12.2. The highest BCUT2D eigenvalue weighted by atomic mass is 32.1. The maximum absolute atomic E-state index is 12.2. The van der Waals surface area contributed by atoms with E-state index in [-0.39, 0.29) is 11.8 Å². The van der Waals surface area contributed by atoms with Gasteiger partial charge in [0.1, 0.15) is 0 Å². The minimum Gasteiger partial charge on any atom is -0.425 e. The minimum atomic E-state index is 0.0102. The fraction of sp³-hybridized carbons (Fsp3) is 0.588. The van der Waals surface area contributed by atoms with E-state index < -0.39 is 0 Å². The Hall–Kier alpha value is -1.69. The van der Waals surface area contributed by atoms with Crippen LogP contribution in [0.25, 0.3) is 0 Å². The predicted octanol–water partition coefficient (Wildman–Crippen LogP) is 4.01. The van der Waals surface area contributed by atoms with Crippen molar-refractivity contribution in [2.75, 3.05) is 5.32 Å². The van der Waals surface area contributed by atoms with Gasteiger partial charge in [0.05, 0.1) is 5.00 Å². The summed E-state index contributed by atoms with van der Waals surface area (Å²) in [4.78, 5) is 13.6. The summed E-state index contributed by atoms with van der Waals surface area (Å²) in [6, 6.07) is 0. The van der Waals surface area contributed by atoms with Crippen LogP contribution in [-0.4, -0.2) is 16.1 Å². The Morgan fingerprint density at radius 3 is 2.78 bits per heavy atom. The lowest BCUT2D eigenvalue weighted by molar-refractivity contribution is -0.116. The number of carbonyl (C=O) groups is 1. The van der Waals surface area contributed by atoms with Crippen molar-refractivity contribution in [3.05, 3.63) is 27.8 Å². The molecular weight excluding hydrogens is 310 g/mol. The van der Waals surface area contributed by atoms with Crippen LogP contribution in [0.5, 0.6) is 0 Å². The number of anilines is 1. The van der Waals surface area contributed by atoms with Gasteiger partial charge in [-0.25, -0.2) is 0 Å². The molecular formula is C17H23N3O2S. The van der Waals surface area contributed by atoms with Crippen LogP contribution < -0.4 is 5.32 Å². The fourth-order valence-electron chi connectivity index (χ4n) is 2.85. The summed E-state index contributed by atoms with van der Waals surface area (Å²) < 4.78 is 5.54. The predicted molar refractivity (Wildman–Crippen MR) is 91.0 cm³/mol. The molecule has 0 bridgehead atoms. The second-order valence-corrected chi connectivity index (χ2v) is 7.51. The first kappa shape index (κ1) is 16.2. The molecule has 0 saturated carbocycles. The zero-order valence-electron chi connectivity index (χ0n) is 13.9. The van der Waals surface area contributed by atoms with E-state index >= 15 is 0 Å². The van der Waals surface area contributed by atoms with Crippen molar-refractivity contribution in [1.29, 1.82) is 0 Å². The van der Waals surface area contributed by atoms with Gasteiger partial charge in [-0.3, -0.25) is 4.79 Å². The van der Waals surface area contributed by atoms with Crippen molar-refractivity contribution in [3.8, 4) is 0 Å². The van der Waals surface area contributed by atoms with Crippen molar-refractivity contribution in [2.24, 2.45) is 0 Å². The summed E-state index contributed by atoms with van der Waals surface area (Å²) in [5, 5.41) is 12.0. The van der Waals surface area contributed by atoms with E-state index in [9.17, 15) is 4.79 Å². The zero-order valence-corrected chi connectivity index (χ0v) is 14.8. The van der Waals surface area contributed by atoms with E-state index in [1.807, 2.05) is 13.8 Å². The van der Waals surface area contributed by atoms with Crippen molar-refractivity contribution < 1.29 is 9.21 Å². The van der Waals surface area contributed by atoms with Gasteiger partial charge in [-0.1, -0.05) is 13.8 Å². The highest BCUT2D eigenvalue weighted by molar-refractivity contribution is 7.16. The van der Waals surface area contributed by atoms with Crippen molar-refractivity contribution in [2.45, 2.75) is 65.2 Å². The third-order valence-electron chi connectivity index (χ3n) is 4.23. The van der Waals surface area contributed by atoms with Gasteiger partial charge in [0, 0.05) is 23.6 Å². The number of nitrogens with one attached hydrogen (secondary N) is 1. The summed E-state index contributed by atoms with van der Waals surface area (Å²) in [6.45, 7) is 6.12. The average molecular weight is 333 g/mol. The molecule has 0 aromatic carbocycles. The second-order valence-electron chi connectivity index (χ2n) is 6.40. The monoisotopic (exact) mass is 333 g/mol. The lowest BCUT2D eigenvalue weighted by Crippen LogP contribution is -2.12. The Morgan fingerprint density at radius 1 is 1.30 bits per heavy atom. The fourth-order valence-corrected chi connectivity index (χ4v) is 4.17. The Morgan fingerprint density at radius 2 is 2.09 bits per heavy atom. The third-order valence-corrected chi connectivity index (χ3v) is 5.54. The largest absolute Gasteiger partial charge is 0.425 e. The van der Waals surface area contributed by atoms with Crippen LogP contribution in [0.3, 0.4) is 0 Å². The number of aryl methyl sites for hydroxylation is 2. The minimum absolute atomic E-state index is 0.0102. The molecule has 1 aliphatic carbocycles. The number of carbonyl (C=O) groups excluding carboxylic acids is 1. The van der Waals surface area contributed by atoms with Gasteiger partial charge < -0.3 is 9.73 Å². The third kappa shape index (κ3) is 3.63. The smallest absolute Gasteiger partial charge is 0.225 e. The van der Waals surface area contributed by atoms with Gasteiger partial charge in [0.15, 0.2) is 0 Å². The lowest BCUT2D eigenvalue weighted by Gasteiger charge is -2.10. The molecule has 0 radical (unpaired) electrons. The molecule has 1 amide bonds. The SMILES string of the molecule is Cc1c(NC(=O)CCc2nnc(C(C)C)o2)sc2c1CCCC2. The molecule has 3 rings (SSSR count). The van der Waals surface area contributed by atoms with Gasteiger partial charge in [-0.05, 0) is 43.7 Å². The number of nitrogens with zero attached hydrogens (tertiary/aromatic N) is 2. The summed E-state index contributed by atoms with van der Waals surface area (Å²) in [6.07, 6.45) is 5.66. The molecule has 5 nitrogen and oxygen atoms in total. The van der Waals surface area contributed by atoms with Crippen LogP contribution in [0.4, 0.5) is 5.00 Å². The second kappa shape index (κ2) is 6.83. The average Bonchev–Trinajstić information content (AvgIpc) is 3.12. The summed E-state index contributed by atoms with van der Waals surface area (Å²) >= 11 is 1.74. The molecule has 0 unspecified atom stereocenters. The lowest BCUT2D eigenvalue weighted by atomic mass is 9.96. The summed E-state index contributed by atoms with van der Waals surface area (Å²) in [5.41, 5.74) is 2.70. The first-order valence-electron chi connectivity index (χ1n) is 8.28. The van der Waals surface area contributed by atoms with E-state index in [1.165, 1.54) is 28.8 Å². The number of fused-ring (bicyclic) bond motifs is 1. The van der Waals surface area contributed by atoms with Crippen LogP contribution >= 0.6 is 11.3 Å². The zero-order chi connectivity index (χ0) is 16.4. The molecule has 0 spiro atoms. The number of hydrogen-bond acceptors (Lipinski definition) is 5. The van der Waals surface area contributed by atoms with Crippen molar-refractivity contribution in [3.63, 3.8) is 0 Å². The molecule has 2 heterocycles. The van der Waals surface area contributed by atoms with Crippen LogP contribution in [0, 0.1) is 6.92 Å². The number of rotatable bonds is 5. The molecule has 124 valence electrons. The van der Waals surface area contributed by atoms with E-state index in [0.29, 0.717) is 24.6 Å². The Labute approximate surface area is 140 Å². The molecule has 6 heteroatoms. The van der Waals surface area contributed by atoms with Gasteiger partial charge in [0.2, 0.25) is 17.7 Å². The molecule has 23 heavy (non-hydrogen) atoms. The van der Waals surface area contributed by atoms with Crippen LogP contribution in [-0.2, 0) is 24.1 Å². The molecule has 2 aromatic heterocycles. The molecule has 0 saturated heterocycles. The first-order valence-corrected chi connectivity index (χ1v) is 9.09. The topological polar surface area (TPSA) is 68.0 Å². The van der Waals surface area contributed by atoms with Gasteiger partial charge >= 0.3 is 0 Å².